The van der Waals surface area contributed by atoms with E-state index in [1.54, 1.807) is 6.26 Å². The molecule has 0 spiro atoms. The van der Waals surface area contributed by atoms with Gasteiger partial charge in [-0.25, -0.2) is 0 Å². The molecule has 1 fully saturated rings. The number of hydrogen-bond donors (Lipinski definition) is 1. The molecule has 0 aromatic heterocycles. The number of rotatable bonds is 6. The van der Waals surface area contributed by atoms with Crippen LogP contribution in [0.15, 0.2) is 0 Å². The summed E-state index contributed by atoms with van der Waals surface area (Å²) in [4.78, 5) is 0. The molecule has 12 heavy (non-hydrogen) atoms. The maximum Gasteiger partial charge on any atom is 0.0383 e. The van der Waals surface area contributed by atoms with Crippen molar-refractivity contribution >= 4 is 10.8 Å². The fraction of sp³-hybridized carbons (Fsp3) is 1.00. The van der Waals surface area contributed by atoms with E-state index < -0.39 is 10.8 Å². The topological polar surface area (TPSA) is 29.1 Å². The van der Waals surface area contributed by atoms with Crippen molar-refractivity contribution in [2.45, 2.75) is 32.2 Å². The standard InChI is InChI=1S/C9H19NOS/c1-8(7-12(2)11)10-6-5-9-3-4-9/h8-10H,3-7H2,1-2H3. The van der Waals surface area contributed by atoms with Crippen molar-refractivity contribution in [1.82, 2.24) is 5.32 Å². The summed E-state index contributed by atoms with van der Waals surface area (Å²) in [6, 6.07) is 0.412. The molecule has 1 aliphatic rings. The Morgan fingerprint density at radius 3 is 2.75 bits per heavy atom. The van der Waals surface area contributed by atoms with Crippen LogP contribution in [0.4, 0.5) is 0 Å². The second-order valence-corrected chi connectivity index (χ2v) is 5.31. The predicted octanol–water partition coefficient (Wildman–Crippen LogP) is 1.14. The Kier molecular flexibility index (Phi) is 4.22. The van der Waals surface area contributed by atoms with E-state index in [0.717, 1.165) is 18.2 Å². The lowest BCUT2D eigenvalue weighted by molar-refractivity contribution is 0.551. The van der Waals surface area contributed by atoms with E-state index in [-0.39, 0.29) is 0 Å². The Labute approximate surface area is 77.6 Å². The molecule has 3 heteroatoms. The lowest BCUT2D eigenvalue weighted by Crippen LogP contribution is -2.31. The van der Waals surface area contributed by atoms with E-state index in [9.17, 15) is 4.21 Å². The minimum absolute atomic E-state index is 0.412. The minimum Gasteiger partial charge on any atom is -0.313 e. The maximum atomic E-state index is 10.8. The predicted molar refractivity (Wildman–Crippen MR) is 53.7 cm³/mol. The highest BCUT2D eigenvalue weighted by atomic mass is 32.2. The quantitative estimate of drug-likeness (QED) is 0.679. The normalized spacial score (nSPS) is 22.2. The van der Waals surface area contributed by atoms with Gasteiger partial charge in [-0.3, -0.25) is 4.21 Å². The summed E-state index contributed by atoms with van der Waals surface area (Å²) in [6.45, 7) is 3.21. The van der Waals surface area contributed by atoms with E-state index in [1.807, 2.05) is 0 Å². The van der Waals surface area contributed by atoms with Crippen LogP contribution in [0.25, 0.3) is 0 Å². The van der Waals surface area contributed by atoms with Crippen molar-refractivity contribution in [3.63, 3.8) is 0 Å². The second-order valence-electron chi connectivity index (χ2n) is 3.83. The molecule has 2 unspecified atom stereocenters. The molecule has 1 aliphatic carbocycles. The molecule has 0 aromatic carbocycles. The highest BCUT2D eigenvalue weighted by molar-refractivity contribution is 7.84. The summed E-state index contributed by atoms with van der Waals surface area (Å²) >= 11 is 0. The number of hydrogen-bond acceptors (Lipinski definition) is 2. The Morgan fingerprint density at radius 1 is 1.58 bits per heavy atom. The van der Waals surface area contributed by atoms with Crippen LogP contribution in [0.5, 0.6) is 0 Å². The van der Waals surface area contributed by atoms with E-state index in [1.165, 1.54) is 19.3 Å². The van der Waals surface area contributed by atoms with Gasteiger partial charge in [-0.15, -0.1) is 0 Å². The van der Waals surface area contributed by atoms with Crippen LogP contribution < -0.4 is 5.32 Å². The molecule has 1 N–H and O–H groups in total. The summed E-state index contributed by atoms with van der Waals surface area (Å²) < 4.78 is 10.8. The Bertz CT molecular complexity index is 157. The fourth-order valence-corrected chi connectivity index (χ4v) is 2.17. The van der Waals surface area contributed by atoms with Gasteiger partial charge in [-0.1, -0.05) is 12.8 Å². The average molecular weight is 189 g/mol. The lowest BCUT2D eigenvalue weighted by atomic mass is 10.3. The van der Waals surface area contributed by atoms with Gasteiger partial charge in [0.25, 0.3) is 0 Å². The molecule has 0 radical (unpaired) electrons. The van der Waals surface area contributed by atoms with Crippen LogP contribution >= 0.6 is 0 Å². The first-order chi connectivity index (χ1) is 5.68. The largest absolute Gasteiger partial charge is 0.313 e. The van der Waals surface area contributed by atoms with Gasteiger partial charge in [0.05, 0.1) is 0 Å². The summed E-state index contributed by atoms with van der Waals surface area (Å²) in [5.41, 5.74) is 0. The molecule has 0 bridgehead atoms. The van der Waals surface area contributed by atoms with Crippen molar-refractivity contribution < 1.29 is 4.21 Å². The van der Waals surface area contributed by atoms with Crippen LogP contribution in [-0.2, 0) is 10.8 Å². The monoisotopic (exact) mass is 189 g/mol. The van der Waals surface area contributed by atoms with Crippen molar-refractivity contribution in [3.8, 4) is 0 Å². The van der Waals surface area contributed by atoms with Crippen LogP contribution in [0, 0.1) is 5.92 Å². The molecule has 72 valence electrons. The molecule has 1 saturated carbocycles. The first-order valence-electron chi connectivity index (χ1n) is 4.72. The van der Waals surface area contributed by atoms with E-state index >= 15 is 0 Å². The summed E-state index contributed by atoms with van der Waals surface area (Å²) in [7, 11) is -0.657. The summed E-state index contributed by atoms with van der Waals surface area (Å²) in [6.07, 6.45) is 5.92. The molecule has 0 amide bonds. The molecular weight excluding hydrogens is 170 g/mol. The Hall–Kier alpha value is 0.110. The smallest absolute Gasteiger partial charge is 0.0383 e. The third kappa shape index (κ3) is 4.88. The summed E-state index contributed by atoms with van der Waals surface area (Å²) in [5, 5.41) is 3.39. The highest BCUT2D eigenvalue weighted by Crippen LogP contribution is 2.31. The van der Waals surface area contributed by atoms with Crippen LogP contribution in [0.2, 0.25) is 0 Å². The minimum atomic E-state index is -0.657. The van der Waals surface area contributed by atoms with Crippen molar-refractivity contribution in [2.24, 2.45) is 5.92 Å². The van der Waals surface area contributed by atoms with Crippen molar-refractivity contribution in [1.29, 1.82) is 0 Å². The summed E-state index contributed by atoms with van der Waals surface area (Å²) in [5.74, 6) is 1.78. The van der Waals surface area contributed by atoms with E-state index in [2.05, 4.69) is 12.2 Å². The Balaban J connectivity index is 1.93. The van der Waals surface area contributed by atoms with Gasteiger partial charge in [0.2, 0.25) is 0 Å². The molecule has 0 saturated heterocycles. The van der Waals surface area contributed by atoms with Gasteiger partial charge in [-0.2, -0.15) is 0 Å². The molecule has 0 aliphatic heterocycles. The van der Waals surface area contributed by atoms with Gasteiger partial charge in [0, 0.05) is 28.9 Å². The third-order valence-electron chi connectivity index (χ3n) is 2.23. The molecular formula is C9H19NOS. The number of nitrogens with one attached hydrogen (secondary N) is 1. The second kappa shape index (κ2) is 4.97. The molecule has 1 rings (SSSR count). The van der Waals surface area contributed by atoms with Crippen LogP contribution in [0.1, 0.15) is 26.2 Å². The highest BCUT2D eigenvalue weighted by Gasteiger charge is 2.20. The zero-order chi connectivity index (χ0) is 8.97. The first kappa shape index (κ1) is 10.2. The zero-order valence-electron chi connectivity index (χ0n) is 8.01. The Morgan fingerprint density at radius 2 is 2.25 bits per heavy atom. The molecule has 0 aromatic rings. The average Bonchev–Trinajstić information content (AvgIpc) is 2.69. The fourth-order valence-electron chi connectivity index (χ4n) is 1.35. The molecule has 2 atom stereocenters. The first-order valence-corrected chi connectivity index (χ1v) is 6.44. The van der Waals surface area contributed by atoms with Crippen molar-refractivity contribution in [2.75, 3.05) is 18.6 Å². The van der Waals surface area contributed by atoms with E-state index in [4.69, 9.17) is 0 Å². The maximum absolute atomic E-state index is 10.8. The molecule has 2 nitrogen and oxygen atoms in total. The van der Waals surface area contributed by atoms with Gasteiger partial charge >= 0.3 is 0 Å². The van der Waals surface area contributed by atoms with Gasteiger partial charge in [0.1, 0.15) is 0 Å². The van der Waals surface area contributed by atoms with Gasteiger partial charge in [-0.05, 0) is 25.8 Å². The molecule has 0 heterocycles. The van der Waals surface area contributed by atoms with Crippen LogP contribution in [-0.4, -0.2) is 28.8 Å². The third-order valence-corrected chi connectivity index (χ3v) is 3.20. The van der Waals surface area contributed by atoms with E-state index in [0.29, 0.717) is 6.04 Å². The zero-order valence-corrected chi connectivity index (χ0v) is 8.82. The SMILES string of the molecule is CC(CS(C)=O)NCCC1CC1. The van der Waals surface area contributed by atoms with Gasteiger partial charge in [0.15, 0.2) is 0 Å². The van der Waals surface area contributed by atoms with Gasteiger partial charge < -0.3 is 5.32 Å². The lowest BCUT2D eigenvalue weighted by Gasteiger charge is -2.11. The van der Waals surface area contributed by atoms with Crippen LogP contribution in [0.3, 0.4) is 0 Å². The van der Waals surface area contributed by atoms with Crippen molar-refractivity contribution in [3.05, 3.63) is 0 Å².